The summed E-state index contributed by atoms with van der Waals surface area (Å²) in [6.07, 6.45) is 3.01. The predicted molar refractivity (Wildman–Crippen MR) is 130 cm³/mol. The first-order chi connectivity index (χ1) is 14.9. The quantitative estimate of drug-likeness (QED) is 0.368. The average Bonchev–Trinajstić information content (AvgIpc) is 3.03. The molecule has 4 nitrogen and oxygen atoms in total. The summed E-state index contributed by atoms with van der Waals surface area (Å²) in [6.45, 7) is 4.40. The lowest BCUT2D eigenvalue weighted by atomic mass is 9.94. The minimum absolute atomic E-state index is 0.306. The molecule has 0 amide bonds. The van der Waals surface area contributed by atoms with Crippen LogP contribution < -0.4 is 0 Å². The fourth-order valence-corrected chi connectivity index (χ4v) is 5.80. The molecule has 1 aromatic heterocycles. The minimum Gasteiger partial charge on any atom is -0.383 e. The molecule has 3 aromatic rings. The Kier molecular flexibility index (Phi) is 7.21. The summed E-state index contributed by atoms with van der Waals surface area (Å²) in [5.41, 5.74) is 5.62. The van der Waals surface area contributed by atoms with Crippen molar-refractivity contribution in [2.75, 3.05) is 20.0 Å². The van der Waals surface area contributed by atoms with Crippen LogP contribution in [0.15, 0.2) is 41.4 Å². The van der Waals surface area contributed by atoms with E-state index in [1.165, 1.54) is 16.7 Å². The van der Waals surface area contributed by atoms with Crippen LogP contribution in [0.2, 0.25) is 15.1 Å². The first-order valence-corrected chi connectivity index (χ1v) is 12.4. The summed E-state index contributed by atoms with van der Waals surface area (Å²) in [4.78, 5) is 2.48. The van der Waals surface area contributed by atoms with Crippen molar-refractivity contribution in [3.63, 3.8) is 0 Å². The van der Waals surface area contributed by atoms with E-state index in [1.807, 2.05) is 10.9 Å². The van der Waals surface area contributed by atoms with Crippen LogP contribution in [0.3, 0.4) is 0 Å². The Morgan fingerprint density at radius 2 is 1.81 bits per heavy atom. The molecule has 0 N–H and O–H groups in total. The van der Waals surface area contributed by atoms with Gasteiger partial charge in [0.2, 0.25) is 0 Å². The maximum Gasteiger partial charge on any atom is 0.123 e. The second kappa shape index (κ2) is 9.74. The van der Waals surface area contributed by atoms with Gasteiger partial charge in [-0.05, 0) is 42.9 Å². The minimum atomic E-state index is 0.306. The van der Waals surface area contributed by atoms with Crippen molar-refractivity contribution in [2.45, 2.75) is 37.5 Å². The summed E-state index contributed by atoms with van der Waals surface area (Å²) in [6, 6.07) is 12.3. The van der Waals surface area contributed by atoms with E-state index in [-0.39, 0.29) is 0 Å². The number of methoxy groups -OCH3 is 1. The van der Waals surface area contributed by atoms with Crippen LogP contribution in [0.1, 0.15) is 22.4 Å². The Morgan fingerprint density at radius 1 is 1.13 bits per heavy atom. The molecule has 164 valence electrons. The molecule has 1 atom stereocenters. The van der Waals surface area contributed by atoms with Gasteiger partial charge in [-0.2, -0.15) is 5.10 Å². The van der Waals surface area contributed by atoms with Gasteiger partial charge in [0.1, 0.15) is 10.7 Å². The first-order valence-electron chi connectivity index (χ1n) is 10.00. The molecule has 0 bridgehead atoms. The maximum atomic E-state index is 6.50. The predicted octanol–water partition coefficient (Wildman–Crippen LogP) is 6.44. The number of ether oxygens (including phenoxy) is 1. The Balaban J connectivity index is 1.72. The number of benzene rings is 2. The average molecular weight is 497 g/mol. The van der Waals surface area contributed by atoms with E-state index in [0.29, 0.717) is 33.4 Å². The Hall–Kier alpha value is -1.21. The lowest BCUT2D eigenvalue weighted by Crippen LogP contribution is -2.42. The van der Waals surface area contributed by atoms with Crippen LogP contribution in [-0.2, 0) is 24.2 Å². The summed E-state index contributed by atoms with van der Waals surface area (Å²) < 4.78 is 7.39. The highest BCUT2D eigenvalue weighted by atomic mass is 35.5. The van der Waals surface area contributed by atoms with Crippen LogP contribution >= 0.6 is 46.6 Å². The van der Waals surface area contributed by atoms with E-state index < -0.39 is 0 Å². The van der Waals surface area contributed by atoms with E-state index in [4.69, 9.17) is 44.6 Å². The van der Waals surface area contributed by atoms with Crippen LogP contribution in [-0.4, -0.2) is 40.7 Å². The third-order valence-electron chi connectivity index (χ3n) is 5.77. The molecule has 0 radical (unpaired) electrons. The Labute approximate surface area is 202 Å². The zero-order valence-corrected chi connectivity index (χ0v) is 20.7. The van der Waals surface area contributed by atoms with Crippen molar-refractivity contribution in [1.29, 1.82) is 0 Å². The Morgan fingerprint density at radius 3 is 2.45 bits per heavy atom. The van der Waals surface area contributed by atoms with Crippen molar-refractivity contribution >= 4 is 46.6 Å². The van der Waals surface area contributed by atoms with Gasteiger partial charge in [-0.15, -0.1) is 11.8 Å². The van der Waals surface area contributed by atoms with Gasteiger partial charge in [-0.1, -0.05) is 59.1 Å². The van der Waals surface area contributed by atoms with Crippen molar-refractivity contribution in [2.24, 2.45) is 0 Å². The molecular formula is C23H24Cl3N3OS. The maximum absolute atomic E-state index is 6.50. The fourth-order valence-electron chi connectivity index (χ4n) is 4.20. The van der Waals surface area contributed by atoms with Crippen molar-refractivity contribution in [3.8, 4) is 5.69 Å². The standard InChI is InChI=1S/C23H24Cl3N3OS/c1-14-19(12-28-11-16-7-5-4-6-15(16)8-18(28)13-30-2)23(31-3)27-29(14)22-20(25)9-17(24)10-21(22)26/h4-7,9-10,18H,8,11-13H2,1-3H3/t18-/m1/s1. The molecule has 0 fully saturated rings. The largest absolute Gasteiger partial charge is 0.383 e. The van der Waals surface area contributed by atoms with Gasteiger partial charge in [0.25, 0.3) is 0 Å². The van der Waals surface area contributed by atoms with E-state index >= 15 is 0 Å². The van der Waals surface area contributed by atoms with Crippen molar-refractivity contribution in [1.82, 2.24) is 14.7 Å². The molecular weight excluding hydrogens is 473 g/mol. The van der Waals surface area contributed by atoms with Gasteiger partial charge in [0.15, 0.2) is 0 Å². The smallest absolute Gasteiger partial charge is 0.123 e. The van der Waals surface area contributed by atoms with E-state index in [9.17, 15) is 0 Å². The van der Waals surface area contributed by atoms with Gasteiger partial charge >= 0.3 is 0 Å². The van der Waals surface area contributed by atoms with Crippen LogP contribution in [0, 0.1) is 6.92 Å². The van der Waals surface area contributed by atoms with E-state index in [1.54, 1.807) is 31.0 Å². The number of fused-ring (bicyclic) bond motifs is 1. The van der Waals surface area contributed by atoms with Crippen LogP contribution in [0.5, 0.6) is 0 Å². The number of halogens is 3. The number of thioether (sulfide) groups is 1. The summed E-state index contributed by atoms with van der Waals surface area (Å²) in [7, 11) is 1.76. The number of nitrogens with zero attached hydrogens (tertiary/aromatic N) is 3. The first kappa shape index (κ1) is 23.0. The van der Waals surface area contributed by atoms with E-state index in [0.717, 1.165) is 30.2 Å². The number of hydrogen-bond donors (Lipinski definition) is 0. The number of hydrogen-bond acceptors (Lipinski definition) is 4. The van der Waals surface area contributed by atoms with Gasteiger partial charge in [-0.25, -0.2) is 4.68 Å². The SMILES string of the molecule is COC[C@H]1Cc2ccccc2CN1Cc1c(SC)nn(-c2c(Cl)cc(Cl)cc2Cl)c1C. The van der Waals surface area contributed by atoms with Gasteiger partial charge in [0.05, 0.1) is 16.7 Å². The highest BCUT2D eigenvalue weighted by Crippen LogP contribution is 2.36. The fraction of sp³-hybridized carbons (Fsp3) is 0.348. The van der Waals surface area contributed by atoms with Crippen LogP contribution in [0.4, 0.5) is 0 Å². The summed E-state index contributed by atoms with van der Waals surface area (Å²) in [5, 5.41) is 7.27. The lowest BCUT2D eigenvalue weighted by Gasteiger charge is -2.36. The molecule has 1 aliphatic heterocycles. The Bertz CT molecular complexity index is 1080. The molecule has 0 unspecified atom stereocenters. The zero-order chi connectivity index (χ0) is 22.1. The zero-order valence-electron chi connectivity index (χ0n) is 17.7. The second-order valence-electron chi connectivity index (χ2n) is 7.69. The highest BCUT2D eigenvalue weighted by molar-refractivity contribution is 7.98. The molecule has 0 saturated heterocycles. The molecule has 0 spiro atoms. The molecule has 2 aromatic carbocycles. The van der Waals surface area contributed by atoms with Crippen molar-refractivity contribution < 1.29 is 4.74 Å². The summed E-state index contributed by atoms with van der Waals surface area (Å²) >= 11 is 20.7. The molecule has 0 aliphatic carbocycles. The normalized spacial score (nSPS) is 16.5. The number of aromatic nitrogens is 2. The molecule has 8 heteroatoms. The van der Waals surface area contributed by atoms with Gasteiger partial charge in [0, 0.05) is 42.5 Å². The third kappa shape index (κ3) is 4.63. The van der Waals surface area contributed by atoms with E-state index in [2.05, 4.69) is 36.1 Å². The number of rotatable bonds is 6. The van der Waals surface area contributed by atoms with Crippen molar-refractivity contribution in [3.05, 3.63) is 73.9 Å². The summed E-state index contributed by atoms with van der Waals surface area (Å²) in [5.74, 6) is 0. The molecule has 0 saturated carbocycles. The topological polar surface area (TPSA) is 30.3 Å². The molecule has 4 rings (SSSR count). The monoisotopic (exact) mass is 495 g/mol. The third-order valence-corrected chi connectivity index (χ3v) is 7.28. The second-order valence-corrected chi connectivity index (χ2v) is 9.74. The van der Waals surface area contributed by atoms with Crippen LogP contribution in [0.25, 0.3) is 5.69 Å². The molecule has 1 aliphatic rings. The van der Waals surface area contributed by atoms with Gasteiger partial charge < -0.3 is 4.74 Å². The lowest BCUT2D eigenvalue weighted by molar-refractivity contribution is 0.0716. The van der Waals surface area contributed by atoms with Gasteiger partial charge in [-0.3, -0.25) is 4.90 Å². The molecule has 31 heavy (non-hydrogen) atoms. The highest BCUT2D eigenvalue weighted by Gasteiger charge is 2.29. The molecule has 2 heterocycles.